The molecule has 6 heteroatoms. The topological polar surface area (TPSA) is 29.9 Å². The molecule has 0 amide bonds. The second-order valence-corrected chi connectivity index (χ2v) is 7.46. The van der Waals surface area contributed by atoms with Gasteiger partial charge in [0.05, 0.1) is 11.4 Å². The summed E-state index contributed by atoms with van der Waals surface area (Å²) in [5.41, 5.74) is 5.29. The van der Waals surface area contributed by atoms with Crippen molar-refractivity contribution in [1.82, 2.24) is 9.78 Å². The van der Waals surface area contributed by atoms with E-state index >= 15 is 0 Å². The highest BCUT2D eigenvalue weighted by Gasteiger charge is 2.23. The van der Waals surface area contributed by atoms with Crippen molar-refractivity contribution in [2.45, 2.75) is 19.8 Å². The Kier molecular flexibility index (Phi) is 4.40. The minimum atomic E-state index is 0.639. The van der Waals surface area contributed by atoms with Crippen molar-refractivity contribution in [1.29, 1.82) is 0 Å². The summed E-state index contributed by atoms with van der Waals surface area (Å²) in [6.45, 7) is 2.90. The molecule has 0 saturated carbocycles. The van der Waals surface area contributed by atoms with Crippen LogP contribution >= 0.6 is 34.8 Å². The minimum Gasteiger partial charge on any atom is -0.369 e. The maximum Gasteiger partial charge on any atom is 0.133 e. The lowest BCUT2D eigenvalue weighted by atomic mass is 10.1. The largest absolute Gasteiger partial charge is 0.369 e. The monoisotopic (exact) mass is 391 g/mol. The molecule has 0 aliphatic carbocycles. The first-order valence-electron chi connectivity index (χ1n) is 8.08. The predicted octanol–water partition coefficient (Wildman–Crippen LogP) is 5.70. The Balaban J connectivity index is 1.76. The fourth-order valence-corrected chi connectivity index (χ4v) is 3.78. The number of aromatic nitrogens is 2. The lowest BCUT2D eigenvalue weighted by Gasteiger charge is -2.08. The van der Waals surface area contributed by atoms with Gasteiger partial charge in [-0.2, -0.15) is 5.10 Å². The van der Waals surface area contributed by atoms with Crippen LogP contribution in [0.25, 0.3) is 5.69 Å². The Morgan fingerprint density at radius 1 is 1.08 bits per heavy atom. The molecule has 128 valence electrons. The Labute approximate surface area is 161 Å². The molecule has 4 rings (SSSR count). The number of aryl methyl sites for hydroxylation is 1. The second-order valence-electron chi connectivity index (χ2n) is 6.21. The normalized spacial score (nSPS) is 13.0. The number of hydrogen-bond acceptors (Lipinski definition) is 2. The molecular weight excluding hydrogens is 377 g/mol. The van der Waals surface area contributed by atoms with E-state index in [1.54, 1.807) is 6.07 Å². The number of hydrogen-bond donors (Lipinski definition) is 1. The first kappa shape index (κ1) is 16.8. The second kappa shape index (κ2) is 6.56. The van der Waals surface area contributed by atoms with E-state index in [4.69, 9.17) is 39.9 Å². The summed E-state index contributed by atoms with van der Waals surface area (Å²) < 4.78 is 1.94. The summed E-state index contributed by atoms with van der Waals surface area (Å²) in [4.78, 5) is 0. The van der Waals surface area contributed by atoms with E-state index in [0.717, 1.165) is 46.3 Å². The van der Waals surface area contributed by atoms with Crippen LogP contribution in [0, 0.1) is 6.92 Å². The van der Waals surface area contributed by atoms with Crippen molar-refractivity contribution in [2.24, 2.45) is 0 Å². The molecule has 25 heavy (non-hydrogen) atoms. The summed E-state index contributed by atoms with van der Waals surface area (Å²) in [5.74, 6) is 1.04. The highest BCUT2D eigenvalue weighted by Crippen LogP contribution is 2.32. The van der Waals surface area contributed by atoms with Crippen LogP contribution in [-0.2, 0) is 12.8 Å². The van der Waals surface area contributed by atoms with Gasteiger partial charge in [-0.05, 0) is 48.7 Å². The van der Waals surface area contributed by atoms with Gasteiger partial charge in [0.25, 0.3) is 0 Å². The molecular formula is C19H16Cl3N3. The van der Waals surface area contributed by atoms with Crippen LogP contribution in [0.3, 0.4) is 0 Å². The quantitative estimate of drug-likeness (QED) is 0.619. The maximum absolute atomic E-state index is 6.34. The molecule has 0 unspecified atom stereocenters. The number of nitrogens with one attached hydrogen (secondary N) is 1. The van der Waals surface area contributed by atoms with Gasteiger partial charge < -0.3 is 5.32 Å². The Morgan fingerprint density at radius 3 is 2.68 bits per heavy atom. The summed E-state index contributed by atoms with van der Waals surface area (Å²) >= 11 is 18.6. The third-order valence-electron chi connectivity index (χ3n) is 4.51. The molecule has 2 aromatic carbocycles. The van der Waals surface area contributed by atoms with Crippen LogP contribution in [0.1, 0.15) is 22.4 Å². The average molecular weight is 393 g/mol. The van der Waals surface area contributed by atoms with Gasteiger partial charge in [0.1, 0.15) is 5.82 Å². The molecule has 1 aliphatic heterocycles. The zero-order chi connectivity index (χ0) is 17.6. The Morgan fingerprint density at radius 2 is 1.92 bits per heavy atom. The van der Waals surface area contributed by atoms with Gasteiger partial charge in [0, 0.05) is 33.6 Å². The van der Waals surface area contributed by atoms with E-state index in [-0.39, 0.29) is 0 Å². The first-order chi connectivity index (χ1) is 12.0. The van der Waals surface area contributed by atoms with E-state index in [2.05, 4.69) is 5.32 Å². The van der Waals surface area contributed by atoms with Gasteiger partial charge in [-0.15, -0.1) is 0 Å². The van der Waals surface area contributed by atoms with E-state index in [1.807, 2.05) is 41.9 Å². The summed E-state index contributed by atoms with van der Waals surface area (Å²) in [6, 6.07) is 11.6. The van der Waals surface area contributed by atoms with Gasteiger partial charge in [-0.3, -0.25) is 0 Å². The van der Waals surface area contributed by atoms with Crippen LogP contribution < -0.4 is 5.32 Å². The SMILES string of the molecule is Cc1ccc(-n2nc(Cc3ccc(Cl)cc3Cl)c3c2NCC3)cc1Cl. The summed E-state index contributed by atoms with van der Waals surface area (Å²) in [7, 11) is 0. The lowest BCUT2D eigenvalue weighted by Crippen LogP contribution is -2.05. The van der Waals surface area contributed by atoms with Crippen molar-refractivity contribution >= 4 is 40.6 Å². The van der Waals surface area contributed by atoms with Gasteiger partial charge >= 0.3 is 0 Å². The molecule has 3 nitrogen and oxygen atoms in total. The number of halogens is 3. The van der Waals surface area contributed by atoms with E-state index in [9.17, 15) is 0 Å². The standard InChI is InChI=1S/C19H16Cl3N3/c1-11-2-5-14(10-16(11)21)25-19-15(6-7-23-19)18(24-25)8-12-3-4-13(20)9-17(12)22/h2-5,9-10,23H,6-8H2,1H3. The van der Waals surface area contributed by atoms with Crippen molar-refractivity contribution in [3.63, 3.8) is 0 Å². The summed E-state index contributed by atoms with van der Waals surface area (Å²) in [5, 5.41) is 10.3. The Bertz CT molecular complexity index is 963. The van der Waals surface area contributed by atoms with Crippen LogP contribution in [-0.4, -0.2) is 16.3 Å². The van der Waals surface area contributed by atoms with Crippen LogP contribution in [0.15, 0.2) is 36.4 Å². The van der Waals surface area contributed by atoms with Crippen LogP contribution in [0.5, 0.6) is 0 Å². The van der Waals surface area contributed by atoms with Crippen LogP contribution in [0.4, 0.5) is 5.82 Å². The smallest absolute Gasteiger partial charge is 0.133 e. The Hall–Kier alpha value is -1.68. The number of benzene rings is 2. The lowest BCUT2D eigenvalue weighted by molar-refractivity contribution is 0.839. The highest BCUT2D eigenvalue weighted by molar-refractivity contribution is 6.35. The molecule has 0 radical (unpaired) electrons. The number of fused-ring (bicyclic) bond motifs is 1. The molecule has 2 heterocycles. The zero-order valence-corrected chi connectivity index (χ0v) is 15.9. The number of anilines is 1. The molecule has 1 N–H and O–H groups in total. The molecule has 0 bridgehead atoms. The average Bonchev–Trinajstić information content (AvgIpc) is 3.16. The number of rotatable bonds is 3. The third kappa shape index (κ3) is 3.12. The molecule has 0 atom stereocenters. The minimum absolute atomic E-state index is 0.639. The van der Waals surface area contributed by atoms with Crippen molar-refractivity contribution < 1.29 is 0 Å². The van der Waals surface area contributed by atoms with E-state index in [1.165, 1.54) is 5.56 Å². The number of nitrogens with zero attached hydrogens (tertiary/aromatic N) is 2. The van der Waals surface area contributed by atoms with Crippen molar-refractivity contribution in [3.05, 3.63) is 73.9 Å². The van der Waals surface area contributed by atoms with Gasteiger partial charge in [-0.25, -0.2) is 4.68 Å². The maximum atomic E-state index is 6.34. The molecule has 0 saturated heterocycles. The van der Waals surface area contributed by atoms with Gasteiger partial charge in [-0.1, -0.05) is 46.9 Å². The summed E-state index contributed by atoms with van der Waals surface area (Å²) in [6.07, 6.45) is 1.63. The third-order valence-corrected chi connectivity index (χ3v) is 5.50. The van der Waals surface area contributed by atoms with Crippen molar-refractivity contribution in [2.75, 3.05) is 11.9 Å². The fraction of sp³-hybridized carbons (Fsp3) is 0.211. The van der Waals surface area contributed by atoms with E-state index < -0.39 is 0 Å². The first-order valence-corrected chi connectivity index (χ1v) is 9.21. The highest BCUT2D eigenvalue weighted by atomic mass is 35.5. The van der Waals surface area contributed by atoms with E-state index in [0.29, 0.717) is 16.5 Å². The predicted molar refractivity (Wildman–Crippen MR) is 105 cm³/mol. The molecule has 0 fully saturated rings. The zero-order valence-electron chi connectivity index (χ0n) is 13.6. The molecule has 1 aliphatic rings. The van der Waals surface area contributed by atoms with Gasteiger partial charge in [0.2, 0.25) is 0 Å². The molecule has 1 aromatic heterocycles. The molecule has 0 spiro atoms. The van der Waals surface area contributed by atoms with Crippen molar-refractivity contribution in [3.8, 4) is 5.69 Å². The molecule has 3 aromatic rings. The van der Waals surface area contributed by atoms with Crippen LogP contribution in [0.2, 0.25) is 15.1 Å². The van der Waals surface area contributed by atoms with Gasteiger partial charge in [0.15, 0.2) is 0 Å². The fourth-order valence-electron chi connectivity index (χ4n) is 3.13.